The van der Waals surface area contributed by atoms with Crippen LogP contribution < -0.4 is 5.32 Å². The number of hydrogen-bond acceptors (Lipinski definition) is 3. The fourth-order valence-electron chi connectivity index (χ4n) is 0.766. The summed E-state index contributed by atoms with van der Waals surface area (Å²) in [6.07, 6.45) is 0.166. The van der Waals surface area contributed by atoms with Crippen LogP contribution >= 0.6 is 0 Å². The number of hydrogen-bond donors (Lipinski definition) is 3. The molecule has 3 N–H and O–H groups in total. The predicted octanol–water partition coefficient (Wildman–Crippen LogP) is 0.0345. The molecule has 0 heterocycles. The van der Waals surface area contributed by atoms with Crippen molar-refractivity contribution in [1.29, 1.82) is 0 Å². The van der Waals surface area contributed by atoms with E-state index in [9.17, 15) is 9.90 Å². The van der Waals surface area contributed by atoms with Crippen LogP contribution in [0.3, 0.4) is 0 Å². The average Bonchev–Trinajstić information content (AvgIpc) is 1.99. The van der Waals surface area contributed by atoms with Crippen LogP contribution in [0.2, 0.25) is 0 Å². The van der Waals surface area contributed by atoms with Gasteiger partial charge in [0, 0.05) is 13.0 Å². The summed E-state index contributed by atoms with van der Waals surface area (Å²) in [4.78, 5) is 11.2. The van der Waals surface area contributed by atoms with Crippen molar-refractivity contribution in [3.8, 4) is 0 Å². The highest BCUT2D eigenvalue weighted by Crippen LogP contribution is 2.08. The summed E-state index contributed by atoms with van der Waals surface area (Å²) in [5.74, 6) is -0.139. The van der Waals surface area contributed by atoms with Crippen LogP contribution in [0.5, 0.6) is 0 Å². The third-order valence-electron chi connectivity index (χ3n) is 2.07. The van der Waals surface area contributed by atoms with Crippen molar-refractivity contribution in [2.45, 2.75) is 45.3 Å². The first-order chi connectivity index (χ1) is 5.90. The van der Waals surface area contributed by atoms with E-state index in [0.29, 0.717) is 12.8 Å². The lowest BCUT2D eigenvalue weighted by atomic mass is 9.98. The van der Waals surface area contributed by atoms with Crippen molar-refractivity contribution in [3.05, 3.63) is 0 Å². The zero-order chi connectivity index (χ0) is 10.5. The summed E-state index contributed by atoms with van der Waals surface area (Å²) < 4.78 is 0. The third-order valence-corrected chi connectivity index (χ3v) is 2.07. The minimum absolute atomic E-state index is 0.0164. The molecule has 1 amide bonds. The molecule has 4 heteroatoms. The van der Waals surface area contributed by atoms with Crippen LogP contribution in [0.25, 0.3) is 0 Å². The summed E-state index contributed by atoms with van der Waals surface area (Å²) in [5.41, 5.74) is -0.605. The van der Waals surface area contributed by atoms with Gasteiger partial charge in [-0.2, -0.15) is 0 Å². The molecule has 0 aromatic heterocycles. The zero-order valence-electron chi connectivity index (χ0n) is 8.50. The third kappa shape index (κ3) is 4.85. The molecule has 0 aliphatic heterocycles. The van der Waals surface area contributed by atoms with Gasteiger partial charge in [-0.1, -0.05) is 0 Å². The minimum Gasteiger partial charge on any atom is -0.396 e. The van der Waals surface area contributed by atoms with Gasteiger partial charge in [-0.25, -0.2) is 0 Å². The Morgan fingerprint density at radius 1 is 1.54 bits per heavy atom. The second kappa shape index (κ2) is 5.19. The lowest BCUT2D eigenvalue weighted by Crippen LogP contribution is -2.50. The molecule has 0 saturated carbocycles. The number of carbonyl (C=O) groups excluding carboxylic acids is 1. The molecule has 0 aliphatic rings. The minimum atomic E-state index is -0.605. The summed E-state index contributed by atoms with van der Waals surface area (Å²) >= 11 is 0. The summed E-state index contributed by atoms with van der Waals surface area (Å²) in [5, 5.41) is 20.5. The molecule has 0 bridgehead atoms. The van der Waals surface area contributed by atoms with Crippen molar-refractivity contribution < 1.29 is 15.0 Å². The van der Waals surface area contributed by atoms with Gasteiger partial charge in [0.15, 0.2) is 0 Å². The van der Waals surface area contributed by atoms with E-state index >= 15 is 0 Å². The molecule has 0 aromatic carbocycles. The Morgan fingerprint density at radius 2 is 2.08 bits per heavy atom. The summed E-state index contributed by atoms with van der Waals surface area (Å²) in [7, 11) is 0. The Balaban J connectivity index is 3.90. The maximum atomic E-state index is 11.2. The van der Waals surface area contributed by atoms with Crippen LogP contribution in [-0.4, -0.2) is 34.4 Å². The Morgan fingerprint density at radius 3 is 2.46 bits per heavy atom. The smallest absolute Gasteiger partial charge is 0.220 e. The number of rotatable bonds is 5. The fourth-order valence-corrected chi connectivity index (χ4v) is 0.766. The SMILES string of the molecule is CC(O)C(C)(C)NC(=O)CCCO. The van der Waals surface area contributed by atoms with Gasteiger partial charge in [-0.05, 0) is 27.2 Å². The van der Waals surface area contributed by atoms with Gasteiger partial charge < -0.3 is 15.5 Å². The standard InChI is InChI=1S/C9H19NO3/c1-7(12)9(2,3)10-8(13)5-4-6-11/h7,11-12H,4-6H2,1-3H3,(H,10,13). The maximum Gasteiger partial charge on any atom is 0.220 e. The molecule has 0 saturated heterocycles. The van der Waals surface area contributed by atoms with E-state index in [0.717, 1.165) is 0 Å². The van der Waals surface area contributed by atoms with Gasteiger partial charge in [0.05, 0.1) is 11.6 Å². The largest absolute Gasteiger partial charge is 0.396 e. The molecule has 1 atom stereocenters. The lowest BCUT2D eigenvalue weighted by Gasteiger charge is -2.29. The zero-order valence-corrected chi connectivity index (χ0v) is 8.50. The van der Waals surface area contributed by atoms with E-state index in [4.69, 9.17) is 5.11 Å². The van der Waals surface area contributed by atoms with E-state index < -0.39 is 11.6 Å². The van der Waals surface area contributed by atoms with E-state index in [-0.39, 0.29) is 12.5 Å². The van der Waals surface area contributed by atoms with E-state index in [1.807, 2.05) is 0 Å². The van der Waals surface area contributed by atoms with Gasteiger partial charge in [-0.15, -0.1) is 0 Å². The van der Waals surface area contributed by atoms with Crippen molar-refractivity contribution in [2.75, 3.05) is 6.61 Å². The average molecular weight is 189 g/mol. The van der Waals surface area contributed by atoms with Gasteiger partial charge in [-0.3, -0.25) is 4.79 Å². The number of aliphatic hydroxyl groups excluding tert-OH is 2. The van der Waals surface area contributed by atoms with E-state index in [2.05, 4.69) is 5.32 Å². The number of amides is 1. The van der Waals surface area contributed by atoms with Crippen molar-refractivity contribution in [2.24, 2.45) is 0 Å². The first kappa shape index (κ1) is 12.4. The van der Waals surface area contributed by atoms with Gasteiger partial charge >= 0.3 is 0 Å². The molecule has 78 valence electrons. The lowest BCUT2D eigenvalue weighted by molar-refractivity contribution is -0.124. The highest BCUT2D eigenvalue weighted by Gasteiger charge is 2.25. The second-order valence-electron chi connectivity index (χ2n) is 3.77. The molecular formula is C9H19NO3. The molecule has 0 spiro atoms. The maximum absolute atomic E-state index is 11.2. The Labute approximate surface area is 79.0 Å². The number of carbonyl (C=O) groups is 1. The fraction of sp³-hybridized carbons (Fsp3) is 0.889. The van der Waals surface area contributed by atoms with Crippen LogP contribution in [0.4, 0.5) is 0 Å². The topological polar surface area (TPSA) is 69.6 Å². The predicted molar refractivity (Wildman–Crippen MR) is 50.2 cm³/mol. The van der Waals surface area contributed by atoms with Crippen molar-refractivity contribution >= 4 is 5.91 Å². The van der Waals surface area contributed by atoms with Crippen molar-refractivity contribution in [3.63, 3.8) is 0 Å². The van der Waals surface area contributed by atoms with E-state index in [1.54, 1.807) is 20.8 Å². The quantitative estimate of drug-likeness (QED) is 0.571. The van der Waals surface area contributed by atoms with Gasteiger partial charge in [0.2, 0.25) is 5.91 Å². The number of aliphatic hydroxyl groups is 2. The molecule has 0 aromatic rings. The van der Waals surface area contributed by atoms with Crippen LogP contribution in [0.1, 0.15) is 33.6 Å². The molecule has 0 radical (unpaired) electrons. The molecule has 0 fully saturated rings. The molecule has 1 unspecified atom stereocenters. The second-order valence-corrected chi connectivity index (χ2v) is 3.77. The first-order valence-electron chi connectivity index (χ1n) is 4.50. The molecule has 13 heavy (non-hydrogen) atoms. The molecule has 0 rings (SSSR count). The Bertz CT molecular complexity index is 166. The first-order valence-corrected chi connectivity index (χ1v) is 4.50. The molecular weight excluding hydrogens is 170 g/mol. The van der Waals surface area contributed by atoms with E-state index in [1.165, 1.54) is 0 Å². The highest BCUT2D eigenvalue weighted by atomic mass is 16.3. The van der Waals surface area contributed by atoms with Crippen molar-refractivity contribution in [1.82, 2.24) is 5.32 Å². The van der Waals surface area contributed by atoms with Crippen LogP contribution in [0.15, 0.2) is 0 Å². The monoisotopic (exact) mass is 189 g/mol. The Kier molecular flexibility index (Phi) is 4.95. The molecule has 4 nitrogen and oxygen atoms in total. The Hall–Kier alpha value is -0.610. The summed E-state index contributed by atoms with van der Waals surface area (Å²) in [6, 6.07) is 0. The highest BCUT2D eigenvalue weighted by molar-refractivity contribution is 5.76. The number of nitrogens with one attached hydrogen (secondary N) is 1. The molecule has 0 aliphatic carbocycles. The van der Waals surface area contributed by atoms with Crippen LogP contribution in [-0.2, 0) is 4.79 Å². The van der Waals surface area contributed by atoms with Gasteiger partial charge in [0.1, 0.15) is 0 Å². The normalized spacial score (nSPS) is 13.9. The summed E-state index contributed by atoms with van der Waals surface area (Å²) in [6.45, 7) is 5.16. The van der Waals surface area contributed by atoms with Gasteiger partial charge in [0.25, 0.3) is 0 Å². The van der Waals surface area contributed by atoms with Crippen LogP contribution in [0, 0.1) is 0 Å².